The summed E-state index contributed by atoms with van der Waals surface area (Å²) in [5.41, 5.74) is -1.12. The van der Waals surface area contributed by atoms with Crippen molar-refractivity contribution < 1.29 is 22.9 Å². The Morgan fingerprint density at radius 1 is 1.05 bits per heavy atom. The van der Waals surface area contributed by atoms with Crippen LogP contribution >= 0.6 is 0 Å². The van der Waals surface area contributed by atoms with Gasteiger partial charge < -0.3 is 0 Å². The van der Waals surface area contributed by atoms with Gasteiger partial charge in [0.1, 0.15) is 17.5 Å². The maximum Gasteiger partial charge on any atom is 0.283 e. The highest BCUT2D eigenvalue weighted by Crippen LogP contribution is 2.22. The largest absolute Gasteiger partial charge is 0.294 e. The fourth-order valence-electron chi connectivity index (χ4n) is 1.82. The first kappa shape index (κ1) is 14.7. The van der Waals surface area contributed by atoms with Crippen LogP contribution in [0.25, 0.3) is 0 Å². The molecule has 0 unspecified atom stereocenters. The normalized spacial score (nSPS) is 10.4. The molecule has 0 N–H and O–H groups in total. The van der Waals surface area contributed by atoms with Crippen molar-refractivity contribution in [1.29, 1.82) is 0 Å². The Bertz CT molecular complexity index is 731. The van der Waals surface area contributed by atoms with Gasteiger partial charge in [-0.25, -0.2) is 13.2 Å². The first-order chi connectivity index (χ1) is 9.88. The molecule has 0 saturated carbocycles. The molecule has 0 atom stereocenters. The van der Waals surface area contributed by atoms with Crippen LogP contribution in [0.5, 0.6) is 0 Å². The second-order valence-electron chi connectivity index (χ2n) is 4.25. The molecule has 2 rings (SSSR count). The molecule has 2 aromatic rings. The molecule has 7 heteroatoms. The molecule has 108 valence electrons. The molecule has 0 radical (unpaired) electrons. The molecular weight excluding hydrogens is 287 g/mol. The predicted octanol–water partition coefficient (Wildman–Crippen LogP) is 3.44. The number of nitro groups is 1. The van der Waals surface area contributed by atoms with Gasteiger partial charge >= 0.3 is 0 Å². The predicted molar refractivity (Wildman–Crippen MR) is 67.4 cm³/mol. The molecule has 0 saturated heterocycles. The fourth-order valence-corrected chi connectivity index (χ4v) is 1.82. The molecule has 21 heavy (non-hydrogen) atoms. The number of nitro benzene ring substituents is 1. The molecule has 0 aliphatic heterocycles. The average Bonchev–Trinajstić information content (AvgIpc) is 2.41. The van der Waals surface area contributed by atoms with Gasteiger partial charge in [-0.2, -0.15) is 0 Å². The van der Waals surface area contributed by atoms with E-state index in [1.54, 1.807) is 0 Å². The number of benzene rings is 2. The van der Waals surface area contributed by atoms with Crippen molar-refractivity contribution in [3.8, 4) is 0 Å². The third-order valence-electron chi connectivity index (χ3n) is 2.82. The molecule has 0 amide bonds. The zero-order valence-corrected chi connectivity index (χ0v) is 10.5. The summed E-state index contributed by atoms with van der Waals surface area (Å²) in [5, 5.41) is 10.8. The Hall–Kier alpha value is -2.70. The summed E-state index contributed by atoms with van der Waals surface area (Å²) in [5.74, 6) is -3.33. The smallest absolute Gasteiger partial charge is 0.283 e. The number of carbonyl (C=O) groups is 1. The maximum absolute atomic E-state index is 13.5. The highest BCUT2D eigenvalue weighted by molar-refractivity contribution is 6.01. The van der Waals surface area contributed by atoms with Crippen molar-refractivity contribution in [2.24, 2.45) is 0 Å². The molecule has 0 fully saturated rings. The minimum absolute atomic E-state index is 0.0972. The van der Waals surface area contributed by atoms with Gasteiger partial charge in [0, 0.05) is 12.5 Å². The van der Waals surface area contributed by atoms with Gasteiger partial charge in [0.25, 0.3) is 5.69 Å². The molecule has 4 nitrogen and oxygen atoms in total. The standard InChI is InChI=1S/C14H8F3NO3/c15-9-2-1-8(12(17)6-9)5-14(19)11-4-3-10(16)7-13(11)18(20)21/h1-4,6-7H,5H2. The Morgan fingerprint density at radius 3 is 2.29 bits per heavy atom. The number of Topliss-reactive ketones (excluding diaryl/α,β-unsaturated/α-hetero) is 1. The average molecular weight is 295 g/mol. The van der Waals surface area contributed by atoms with E-state index in [0.717, 1.165) is 24.3 Å². The lowest BCUT2D eigenvalue weighted by molar-refractivity contribution is -0.385. The number of halogens is 3. The van der Waals surface area contributed by atoms with Crippen LogP contribution in [0.2, 0.25) is 0 Å². The van der Waals surface area contributed by atoms with Crippen LogP contribution in [0.1, 0.15) is 15.9 Å². The first-order valence-electron chi connectivity index (χ1n) is 5.79. The third-order valence-corrected chi connectivity index (χ3v) is 2.82. The first-order valence-corrected chi connectivity index (χ1v) is 5.79. The number of ketones is 1. The number of hydrogen-bond donors (Lipinski definition) is 0. The maximum atomic E-state index is 13.5. The molecule has 2 aromatic carbocycles. The van der Waals surface area contributed by atoms with Gasteiger partial charge in [-0.05, 0) is 23.8 Å². The van der Waals surface area contributed by atoms with Crippen molar-refractivity contribution in [2.75, 3.05) is 0 Å². The molecule has 0 spiro atoms. The van der Waals surface area contributed by atoms with Crippen LogP contribution in [-0.4, -0.2) is 10.7 Å². The molecule has 0 aromatic heterocycles. The van der Waals surface area contributed by atoms with E-state index in [0.29, 0.717) is 12.1 Å². The van der Waals surface area contributed by atoms with Gasteiger partial charge in [0.05, 0.1) is 16.6 Å². The summed E-state index contributed by atoms with van der Waals surface area (Å²) in [6.45, 7) is 0. The lowest BCUT2D eigenvalue weighted by atomic mass is 10.0. The van der Waals surface area contributed by atoms with E-state index in [1.165, 1.54) is 0 Å². The van der Waals surface area contributed by atoms with Crippen molar-refractivity contribution in [2.45, 2.75) is 6.42 Å². The second-order valence-corrected chi connectivity index (χ2v) is 4.25. The molecule has 0 aliphatic rings. The summed E-state index contributed by atoms with van der Waals surface area (Å²) in [7, 11) is 0. The number of carbonyl (C=O) groups excluding carboxylic acids is 1. The van der Waals surface area contributed by atoms with Gasteiger partial charge in [-0.3, -0.25) is 14.9 Å². The minimum atomic E-state index is -0.923. The van der Waals surface area contributed by atoms with E-state index < -0.39 is 40.3 Å². The third kappa shape index (κ3) is 3.25. The molecule has 0 aliphatic carbocycles. The van der Waals surface area contributed by atoms with Crippen LogP contribution < -0.4 is 0 Å². The monoisotopic (exact) mass is 295 g/mol. The van der Waals surface area contributed by atoms with E-state index in [9.17, 15) is 28.1 Å². The Balaban J connectivity index is 2.34. The van der Waals surface area contributed by atoms with Crippen LogP contribution in [0.4, 0.5) is 18.9 Å². The summed E-state index contributed by atoms with van der Waals surface area (Å²) >= 11 is 0. The molecule has 0 bridgehead atoms. The van der Waals surface area contributed by atoms with Crippen molar-refractivity contribution in [3.05, 3.63) is 75.1 Å². The van der Waals surface area contributed by atoms with E-state index in [2.05, 4.69) is 0 Å². The van der Waals surface area contributed by atoms with Crippen LogP contribution in [0, 0.1) is 27.6 Å². The lowest BCUT2D eigenvalue weighted by Gasteiger charge is -2.04. The van der Waals surface area contributed by atoms with Gasteiger partial charge in [-0.15, -0.1) is 0 Å². The Labute approximate surface area is 117 Å². The number of rotatable bonds is 4. The highest BCUT2D eigenvalue weighted by atomic mass is 19.1. The van der Waals surface area contributed by atoms with Crippen molar-refractivity contribution in [3.63, 3.8) is 0 Å². The fraction of sp³-hybridized carbons (Fsp3) is 0.0714. The zero-order valence-electron chi connectivity index (χ0n) is 10.5. The van der Waals surface area contributed by atoms with Crippen molar-refractivity contribution >= 4 is 11.5 Å². The van der Waals surface area contributed by atoms with Crippen molar-refractivity contribution in [1.82, 2.24) is 0 Å². The zero-order chi connectivity index (χ0) is 15.6. The van der Waals surface area contributed by atoms with E-state index >= 15 is 0 Å². The Kier molecular flexibility index (Phi) is 4.02. The van der Waals surface area contributed by atoms with E-state index in [1.807, 2.05) is 0 Å². The Morgan fingerprint density at radius 2 is 1.67 bits per heavy atom. The number of nitrogens with zero attached hydrogens (tertiary/aromatic N) is 1. The van der Waals surface area contributed by atoms with Crippen LogP contribution in [0.3, 0.4) is 0 Å². The number of hydrogen-bond acceptors (Lipinski definition) is 3. The SMILES string of the molecule is O=C(Cc1ccc(F)cc1F)c1ccc(F)cc1[N+](=O)[O-]. The van der Waals surface area contributed by atoms with E-state index in [-0.39, 0.29) is 11.1 Å². The van der Waals surface area contributed by atoms with E-state index in [4.69, 9.17) is 0 Å². The molecule has 0 heterocycles. The lowest BCUT2D eigenvalue weighted by Crippen LogP contribution is -2.08. The van der Waals surface area contributed by atoms with Gasteiger partial charge in [0.15, 0.2) is 5.78 Å². The summed E-state index contributed by atoms with van der Waals surface area (Å²) in [6, 6.07) is 5.16. The second kappa shape index (κ2) is 5.74. The van der Waals surface area contributed by atoms with Crippen LogP contribution in [0.15, 0.2) is 36.4 Å². The van der Waals surface area contributed by atoms with Gasteiger partial charge in [-0.1, -0.05) is 6.07 Å². The van der Waals surface area contributed by atoms with Crippen LogP contribution in [-0.2, 0) is 6.42 Å². The summed E-state index contributed by atoms with van der Waals surface area (Å²) < 4.78 is 39.2. The van der Waals surface area contributed by atoms with Gasteiger partial charge in [0.2, 0.25) is 0 Å². The summed E-state index contributed by atoms with van der Waals surface area (Å²) in [4.78, 5) is 21.9. The summed E-state index contributed by atoms with van der Waals surface area (Å²) in [6.07, 6.45) is -0.488. The minimum Gasteiger partial charge on any atom is -0.294 e. The topological polar surface area (TPSA) is 60.2 Å². The quantitative estimate of drug-likeness (QED) is 0.493. The highest BCUT2D eigenvalue weighted by Gasteiger charge is 2.22. The molecular formula is C14H8F3NO3.